The summed E-state index contributed by atoms with van der Waals surface area (Å²) in [5, 5.41) is 12.8. The van der Waals surface area contributed by atoms with Gasteiger partial charge in [0.25, 0.3) is 0 Å². The molecular formula is C11H13ClN4. The molecule has 0 saturated heterocycles. The van der Waals surface area contributed by atoms with Crippen molar-refractivity contribution in [3.63, 3.8) is 0 Å². The fourth-order valence-electron chi connectivity index (χ4n) is 1.29. The molecule has 16 heavy (non-hydrogen) atoms. The summed E-state index contributed by atoms with van der Waals surface area (Å²) in [5.74, 6) is 0.628. The van der Waals surface area contributed by atoms with Gasteiger partial charge in [0.2, 0.25) is 0 Å². The molecule has 0 bridgehead atoms. The predicted octanol–water partition coefficient (Wildman–Crippen LogP) is 2.61. The normalized spacial score (nSPS) is 11.8. The van der Waals surface area contributed by atoms with Gasteiger partial charge in [0.05, 0.1) is 5.69 Å². The third kappa shape index (κ3) is 2.07. The molecule has 0 unspecified atom stereocenters. The molecule has 4 nitrogen and oxygen atoms in total. The van der Waals surface area contributed by atoms with Crippen molar-refractivity contribution in [1.82, 2.24) is 20.0 Å². The first kappa shape index (κ1) is 11.1. The molecule has 2 heterocycles. The second-order valence-electron chi connectivity index (χ2n) is 4.60. The van der Waals surface area contributed by atoms with Gasteiger partial charge >= 0.3 is 0 Å². The highest BCUT2D eigenvalue weighted by Gasteiger charge is 2.20. The summed E-state index contributed by atoms with van der Waals surface area (Å²) in [6.45, 7) is 6.27. The lowest BCUT2D eigenvalue weighted by atomic mass is 9.93. The molecule has 0 fully saturated rings. The van der Waals surface area contributed by atoms with Gasteiger partial charge in [-0.15, -0.1) is 5.10 Å². The molecule has 0 atom stereocenters. The van der Waals surface area contributed by atoms with Crippen molar-refractivity contribution < 1.29 is 0 Å². The third-order valence-corrected chi connectivity index (χ3v) is 2.48. The summed E-state index contributed by atoms with van der Waals surface area (Å²) >= 11 is 6.12. The Balaban J connectivity index is 2.48. The third-order valence-electron chi connectivity index (χ3n) is 2.21. The maximum atomic E-state index is 6.12. The minimum absolute atomic E-state index is 0.0307. The molecule has 0 saturated carbocycles. The Bertz CT molecular complexity index is 484. The maximum Gasteiger partial charge on any atom is 0.177 e. The number of hydrogen-bond acceptors (Lipinski definition) is 3. The summed E-state index contributed by atoms with van der Waals surface area (Å²) in [5.41, 5.74) is 0.903. The summed E-state index contributed by atoms with van der Waals surface area (Å²) in [6, 6.07) is 5.48. The first-order valence-corrected chi connectivity index (χ1v) is 5.40. The second-order valence-corrected chi connectivity index (χ2v) is 4.98. The van der Waals surface area contributed by atoms with Crippen LogP contribution in [0.15, 0.2) is 24.4 Å². The van der Waals surface area contributed by atoms with E-state index < -0.39 is 0 Å². The van der Waals surface area contributed by atoms with E-state index >= 15 is 0 Å². The molecule has 0 N–H and O–H groups in total. The molecule has 0 amide bonds. The minimum Gasteiger partial charge on any atom is -0.202 e. The highest BCUT2D eigenvalue weighted by Crippen LogP contribution is 2.25. The lowest BCUT2D eigenvalue weighted by molar-refractivity contribution is 0.559. The summed E-state index contributed by atoms with van der Waals surface area (Å²) in [6.07, 6.45) is 1.62. The SMILES string of the molecule is CC(C)(C)c1cc(Cl)n(-c2cccnn2)n1. The van der Waals surface area contributed by atoms with E-state index in [1.54, 1.807) is 16.9 Å². The smallest absolute Gasteiger partial charge is 0.177 e. The van der Waals surface area contributed by atoms with Gasteiger partial charge in [0.15, 0.2) is 5.82 Å². The van der Waals surface area contributed by atoms with Crippen LogP contribution in [-0.4, -0.2) is 20.0 Å². The van der Waals surface area contributed by atoms with Crippen molar-refractivity contribution in [3.05, 3.63) is 35.2 Å². The van der Waals surface area contributed by atoms with Gasteiger partial charge in [0.1, 0.15) is 5.15 Å². The van der Waals surface area contributed by atoms with Gasteiger partial charge in [-0.25, -0.2) is 4.68 Å². The standard InChI is InChI=1S/C11H13ClN4/c1-11(2,3)8-7-9(12)16(15-8)10-5-4-6-13-14-10/h4-7H,1-3H3. The first-order valence-electron chi connectivity index (χ1n) is 5.02. The van der Waals surface area contributed by atoms with Crippen molar-refractivity contribution in [2.24, 2.45) is 0 Å². The monoisotopic (exact) mass is 236 g/mol. The predicted molar refractivity (Wildman–Crippen MR) is 62.9 cm³/mol. The van der Waals surface area contributed by atoms with E-state index in [0.29, 0.717) is 11.0 Å². The quantitative estimate of drug-likeness (QED) is 0.765. The average Bonchev–Trinajstić information content (AvgIpc) is 2.61. The fraction of sp³-hybridized carbons (Fsp3) is 0.364. The van der Waals surface area contributed by atoms with Crippen molar-refractivity contribution >= 4 is 11.6 Å². The van der Waals surface area contributed by atoms with Crippen LogP contribution in [0, 0.1) is 0 Å². The molecule has 0 aliphatic rings. The van der Waals surface area contributed by atoms with E-state index in [9.17, 15) is 0 Å². The van der Waals surface area contributed by atoms with Crippen LogP contribution in [0.5, 0.6) is 0 Å². The largest absolute Gasteiger partial charge is 0.202 e. The van der Waals surface area contributed by atoms with Crippen LogP contribution in [0.4, 0.5) is 0 Å². The van der Waals surface area contributed by atoms with Crippen LogP contribution in [0.1, 0.15) is 26.5 Å². The molecule has 0 aliphatic heterocycles. The van der Waals surface area contributed by atoms with E-state index in [2.05, 4.69) is 36.1 Å². The highest BCUT2D eigenvalue weighted by molar-refractivity contribution is 6.29. The fourth-order valence-corrected chi connectivity index (χ4v) is 1.52. The summed E-state index contributed by atoms with van der Waals surface area (Å²) in [4.78, 5) is 0. The van der Waals surface area contributed by atoms with Crippen LogP contribution < -0.4 is 0 Å². The van der Waals surface area contributed by atoms with Gasteiger partial charge in [-0.1, -0.05) is 32.4 Å². The van der Waals surface area contributed by atoms with Crippen LogP contribution in [0.2, 0.25) is 5.15 Å². The number of halogens is 1. The molecular weight excluding hydrogens is 224 g/mol. The highest BCUT2D eigenvalue weighted by atomic mass is 35.5. The molecule has 5 heteroatoms. The zero-order valence-electron chi connectivity index (χ0n) is 9.48. The lowest BCUT2D eigenvalue weighted by Gasteiger charge is -2.13. The number of rotatable bonds is 1. The zero-order chi connectivity index (χ0) is 11.8. The Morgan fingerprint density at radius 1 is 1.31 bits per heavy atom. The van der Waals surface area contributed by atoms with E-state index in [4.69, 9.17) is 11.6 Å². The number of nitrogens with zero attached hydrogens (tertiary/aromatic N) is 4. The Morgan fingerprint density at radius 2 is 2.06 bits per heavy atom. The van der Waals surface area contributed by atoms with E-state index in [0.717, 1.165) is 5.69 Å². The number of hydrogen-bond donors (Lipinski definition) is 0. The molecule has 0 radical (unpaired) electrons. The Hall–Kier alpha value is -1.42. The average molecular weight is 237 g/mol. The number of aromatic nitrogens is 4. The molecule has 84 valence electrons. The van der Waals surface area contributed by atoms with Gasteiger partial charge < -0.3 is 0 Å². The Kier molecular flexibility index (Phi) is 2.68. The molecule has 2 aromatic rings. The first-order chi connectivity index (χ1) is 7.48. The van der Waals surface area contributed by atoms with E-state index in [1.807, 2.05) is 12.1 Å². The van der Waals surface area contributed by atoms with Crippen LogP contribution in [0.25, 0.3) is 5.82 Å². The zero-order valence-corrected chi connectivity index (χ0v) is 10.2. The van der Waals surface area contributed by atoms with Crippen molar-refractivity contribution in [1.29, 1.82) is 0 Å². The Labute approximate surface area is 99.3 Å². The van der Waals surface area contributed by atoms with Crippen LogP contribution in [-0.2, 0) is 5.41 Å². The maximum absolute atomic E-state index is 6.12. The molecule has 0 spiro atoms. The summed E-state index contributed by atoms with van der Waals surface area (Å²) < 4.78 is 1.59. The minimum atomic E-state index is -0.0307. The topological polar surface area (TPSA) is 43.6 Å². The Morgan fingerprint density at radius 3 is 2.56 bits per heavy atom. The van der Waals surface area contributed by atoms with E-state index in [-0.39, 0.29) is 5.41 Å². The second kappa shape index (κ2) is 3.87. The van der Waals surface area contributed by atoms with Crippen molar-refractivity contribution in [2.45, 2.75) is 26.2 Å². The van der Waals surface area contributed by atoms with Crippen molar-refractivity contribution in [3.8, 4) is 5.82 Å². The van der Waals surface area contributed by atoms with Crippen molar-refractivity contribution in [2.75, 3.05) is 0 Å². The molecule has 0 aliphatic carbocycles. The molecule has 0 aromatic carbocycles. The molecule has 2 aromatic heterocycles. The van der Waals surface area contributed by atoms with Crippen LogP contribution >= 0.6 is 11.6 Å². The van der Waals surface area contributed by atoms with Gasteiger partial charge in [-0.05, 0) is 18.2 Å². The lowest BCUT2D eigenvalue weighted by Crippen LogP contribution is -2.12. The van der Waals surface area contributed by atoms with Gasteiger partial charge in [-0.2, -0.15) is 10.2 Å². The summed E-state index contributed by atoms with van der Waals surface area (Å²) in [7, 11) is 0. The van der Waals surface area contributed by atoms with Crippen LogP contribution in [0.3, 0.4) is 0 Å². The van der Waals surface area contributed by atoms with E-state index in [1.165, 1.54) is 0 Å². The molecule has 2 rings (SSSR count). The van der Waals surface area contributed by atoms with Gasteiger partial charge in [0, 0.05) is 11.6 Å². The van der Waals surface area contributed by atoms with Gasteiger partial charge in [-0.3, -0.25) is 0 Å².